The van der Waals surface area contributed by atoms with Gasteiger partial charge in [0, 0.05) is 41.4 Å². The van der Waals surface area contributed by atoms with Crippen molar-refractivity contribution in [3.05, 3.63) is 48.0 Å². The van der Waals surface area contributed by atoms with Gasteiger partial charge in [-0.3, -0.25) is 9.69 Å². The molecule has 4 nitrogen and oxygen atoms in total. The minimum absolute atomic E-state index is 0.000476. The van der Waals surface area contributed by atoms with Gasteiger partial charge >= 0.3 is 0 Å². The van der Waals surface area contributed by atoms with Crippen molar-refractivity contribution in [3.8, 4) is 0 Å². The molecule has 0 aliphatic carbocycles. The first-order chi connectivity index (χ1) is 12.2. The Kier molecular flexibility index (Phi) is 4.22. The Balaban J connectivity index is 1.67. The van der Waals surface area contributed by atoms with Crippen LogP contribution >= 0.6 is 0 Å². The molecule has 0 spiro atoms. The van der Waals surface area contributed by atoms with Crippen LogP contribution < -0.4 is 5.73 Å². The molecule has 130 valence electrons. The van der Waals surface area contributed by atoms with Crippen LogP contribution in [-0.4, -0.2) is 28.5 Å². The predicted octanol–water partition coefficient (Wildman–Crippen LogP) is 3.51. The smallest absolute Gasteiger partial charge is 0.221 e. The lowest BCUT2D eigenvalue weighted by molar-refractivity contribution is -0.123. The number of hydrogen-bond acceptors (Lipinski definition) is 2. The summed E-state index contributed by atoms with van der Waals surface area (Å²) in [5, 5.41) is 2.63. The quantitative estimate of drug-likeness (QED) is 0.793. The third-order valence-electron chi connectivity index (χ3n) is 5.47. The molecular formula is C21H25N3O. The number of piperidine rings is 1. The van der Waals surface area contributed by atoms with Crippen molar-refractivity contribution < 1.29 is 4.79 Å². The summed E-state index contributed by atoms with van der Waals surface area (Å²) in [6.45, 7) is 5.86. The topological polar surface area (TPSA) is 51.3 Å². The van der Waals surface area contributed by atoms with E-state index in [1.807, 2.05) is 0 Å². The Bertz CT molecular complexity index is 927. The van der Waals surface area contributed by atoms with Gasteiger partial charge in [0.05, 0.1) is 5.92 Å². The SMILES string of the molecule is CCn1c2ccccc2c2cc(CN3CCCC(C(N)=O)C3)ccc21. The number of hydrogen-bond donors (Lipinski definition) is 1. The van der Waals surface area contributed by atoms with E-state index in [4.69, 9.17) is 5.73 Å². The van der Waals surface area contributed by atoms with Gasteiger partial charge in [-0.15, -0.1) is 0 Å². The van der Waals surface area contributed by atoms with Crippen molar-refractivity contribution in [1.82, 2.24) is 9.47 Å². The Morgan fingerprint density at radius 2 is 1.96 bits per heavy atom. The second-order valence-electron chi connectivity index (χ2n) is 7.09. The summed E-state index contributed by atoms with van der Waals surface area (Å²) < 4.78 is 2.37. The predicted molar refractivity (Wildman–Crippen MR) is 102 cm³/mol. The number of aromatic nitrogens is 1. The summed E-state index contributed by atoms with van der Waals surface area (Å²) in [5.74, 6) is -0.161. The third kappa shape index (κ3) is 2.91. The molecule has 1 amide bonds. The second kappa shape index (κ2) is 6.52. The van der Waals surface area contributed by atoms with E-state index in [1.54, 1.807) is 0 Å². The molecule has 0 saturated carbocycles. The highest BCUT2D eigenvalue weighted by Crippen LogP contribution is 2.30. The fourth-order valence-electron chi connectivity index (χ4n) is 4.23. The minimum Gasteiger partial charge on any atom is -0.369 e. The van der Waals surface area contributed by atoms with Crippen molar-refractivity contribution in [3.63, 3.8) is 0 Å². The number of carbonyl (C=O) groups is 1. The van der Waals surface area contributed by atoms with Gasteiger partial charge in [0.25, 0.3) is 0 Å². The van der Waals surface area contributed by atoms with Crippen LogP contribution in [0, 0.1) is 5.92 Å². The standard InChI is InChI=1S/C21H25N3O/c1-2-24-19-8-4-3-7-17(19)18-12-15(9-10-20(18)24)13-23-11-5-6-16(14-23)21(22)25/h3-4,7-10,12,16H,2,5-6,11,13-14H2,1H3,(H2,22,25). The first kappa shape index (κ1) is 16.2. The lowest BCUT2D eigenvalue weighted by Crippen LogP contribution is -2.40. The van der Waals surface area contributed by atoms with Crippen molar-refractivity contribution in [1.29, 1.82) is 0 Å². The lowest BCUT2D eigenvalue weighted by atomic mass is 9.97. The fraction of sp³-hybridized carbons (Fsp3) is 0.381. The zero-order valence-electron chi connectivity index (χ0n) is 14.7. The van der Waals surface area contributed by atoms with E-state index in [0.717, 1.165) is 39.0 Å². The maximum absolute atomic E-state index is 11.5. The van der Waals surface area contributed by atoms with Crippen LogP contribution in [0.4, 0.5) is 0 Å². The van der Waals surface area contributed by atoms with Gasteiger partial charge in [0.15, 0.2) is 0 Å². The molecule has 4 heteroatoms. The molecule has 1 aliphatic rings. The number of nitrogens with zero attached hydrogens (tertiary/aromatic N) is 2. The number of amides is 1. The number of carbonyl (C=O) groups excluding carboxylic acids is 1. The van der Waals surface area contributed by atoms with Gasteiger partial charge in [0.2, 0.25) is 5.91 Å². The van der Waals surface area contributed by atoms with Crippen LogP contribution in [0.25, 0.3) is 21.8 Å². The minimum atomic E-state index is -0.161. The van der Waals surface area contributed by atoms with Gasteiger partial charge in [-0.05, 0) is 50.1 Å². The zero-order chi connectivity index (χ0) is 17.4. The van der Waals surface area contributed by atoms with Gasteiger partial charge < -0.3 is 10.3 Å². The Morgan fingerprint density at radius 1 is 1.16 bits per heavy atom. The molecule has 1 aromatic heterocycles. The van der Waals surface area contributed by atoms with Crippen LogP contribution in [-0.2, 0) is 17.9 Å². The number of likely N-dealkylation sites (tertiary alicyclic amines) is 1. The number of aryl methyl sites for hydroxylation is 1. The van der Waals surface area contributed by atoms with Crippen molar-refractivity contribution in [2.75, 3.05) is 13.1 Å². The van der Waals surface area contributed by atoms with Crippen molar-refractivity contribution in [2.24, 2.45) is 11.7 Å². The highest BCUT2D eigenvalue weighted by Gasteiger charge is 2.24. The zero-order valence-corrected chi connectivity index (χ0v) is 14.7. The summed E-state index contributed by atoms with van der Waals surface area (Å²) in [4.78, 5) is 13.9. The summed E-state index contributed by atoms with van der Waals surface area (Å²) in [7, 11) is 0. The monoisotopic (exact) mass is 335 g/mol. The fourth-order valence-corrected chi connectivity index (χ4v) is 4.23. The molecule has 2 heterocycles. The normalized spacial score (nSPS) is 18.8. The molecule has 1 atom stereocenters. The molecule has 2 aromatic carbocycles. The van der Waals surface area contributed by atoms with Gasteiger partial charge in [-0.25, -0.2) is 0 Å². The Morgan fingerprint density at radius 3 is 2.76 bits per heavy atom. The number of fused-ring (bicyclic) bond motifs is 3. The average molecular weight is 335 g/mol. The van der Waals surface area contributed by atoms with Crippen LogP contribution in [0.5, 0.6) is 0 Å². The second-order valence-corrected chi connectivity index (χ2v) is 7.09. The number of nitrogens with two attached hydrogens (primary N) is 1. The Hall–Kier alpha value is -2.33. The van der Waals surface area contributed by atoms with E-state index in [-0.39, 0.29) is 11.8 Å². The molecular weight excluding hydrogens is 310 g/mol. The molecule has 2 N–H and O–H groups in total. The number of primary amides is 1. The van der Waals surface area contributed by atoms with E-state index in [2.05, 4.69) is 58.9 Å². The van der Waals surface area contributed by atoms with E-state index in [0.29, 0.717) is 0 Å². The molecule has 0 bridgehead atoms. The molecule has 3 aromatic rings. The number of benzene rings is 2. The largest absolute Gasteiger partial charge is 0.369 e. The first-order valence-electron chi connectivity index (χ1n) is 9.19. The molecule has 1 unspecified atom stereocenters. The van der Waals surface area contributed by atoms with Crippen molar-refractivity contribution >= 4 is 27.7 Å². The van der Waals surface area contributed by atoms with Crippen LogP contribution in [0.2, 0.25) is 0 Å². The molecule has 4 rings (SSSR count). The van der Waals surface area contributed by atoms with E-state index < -0.39 is 0 Å². The summed E-state index contributed by atoms with van der Waals surface area (Å²) >= 11 is 0. The Labute approximate surface area is 148 Å². The van der Waals surface area contributed by atoms with E-state index >= 15 is 0 Å². The third-order valence-corrected chi connectivity index (χ3v) is 5.47. The number of para-hydroxylation sites is 1. The first-order valence-corrected chi connectivity index (χ1v) is 9.19. The van der Waals surface area contributed by atoms with E-state index in [9.17, 15) is 4.79 Å². The maximum Gasteiger partial charge on any atom is 0.221 e. The summed E-state index contributed by atoms with van der Waals surface area (Å²) in [6.07, 6.45) is 1.97. The molecule has 0 radical (unpaired) electrons. The average Bonchev–Trinajstić information content (AvgIpc) is 2.95. The highest BCUT2D eigenvalue weighted by molar-refractivity contribution is 6.08. The highest BCUT2D eigenvalue weighted by atomic mass is 16.1. The van der Waals surface area contributed by atoms with Crippen LogP contribution in [0.3, 0.4) is 0 Å². The number of rotatable bonds is 4. The van der Waals surface area contributed by atoms with Crippen LogP contribution in [0.15, 0.2) is 42.5 Å². The molecule has 25 heavy (non-hydrogen) atoms. The van der Waals surface area contributed by atoms with Gasteiger partial charge in [-0.2, -0.15) is 0 Å². The van der Waals surface area contributed by atoms with Crippen LogP contribution in [0.1, 0.15) is 25.3 Å². The maximum atomic E-state index is 11.5. The summed E-state index contributed by atoms with van der Waals surface area (Å²) in [6, 6.07) is 15.4. The van der Waals surface area contributed by atoms with Crippen molar-refractivity contribution in [2.45, 2.75) is 32.9 Å². The van der Waals surface area contributed by atoms with Gasteiger partial charge in [-0.1, -0.05) is 24.3 Å². The molecule has 1 aliphatic heterocycles. The summed E-state index contributed by atoms with van der Waals surface area (Å²) in [5.41, 5.74) is 9.40. The molecule has 1 saturated heterocycles. The van der Waals surface area contributed by atoms with E-state index in [1.165, 1.54) is 27.4 Å². The molecule has 1 fully saturated rings. The lowest BCUT2D eigenvalue weighted by Gasteiger charge is -2.31. The van der Waals surface area contributed by atoms with Gasteiger partial charge in [0.1, 0.15) is 0 Å².